The molecule has 0 aromatic carbocycles. The molecule has 2 fully saturated rings. The summed E-state index contributed by atoms with van der Waals surface area (Å²) in [5, 5.41) is 3.69. The molecule has 0 aromatic rings. The standard InChI is InChI=1S/C14H28N2O/c1-3-4-14(11-15-12-5-6-12)16(2)13-7-9-17-10-8-13/h12-15H,3-11H2,1-2H3. The Balaban J connectivity index is 1.78. The van der Waals surface area contributed by atoms with Gasteiger partial charge in [-0.05, 0) is 39.2 Å². The van der Waals surface area contributed by atoms with Gasteiger partial charge < -0.3 is 10.1 Å². The first-order valence-corrected chi connectivity index (χ1v) is 7.34. The molecule has 2 rings (SSSR count). The molecule has 1 aliphatic heterocycles. The van der Waals surface area contributed by atoms with Gasteiger partial charge in [0.25, 0.3) is 0 Å². The zero-order chi connectivity index (χ0) is 12.1. The first kappa shape index (κ1) is 13.3. The quantitative estimate of drug-likeness (QED) is 0.737. The zero-order valence-electron chi connectivity index (χ0n) is 11.5. The van der Waals surface area contributed by atoms with Crippen LogP contribution in [0.15, 0.2) is 0 Å². The molecule has 1 unspecified atom stereocenters. The second kappa shape index (κ2) is 6.72. The Morgan fingerprint density at radius 1 is 1.24 bits per heavy atom. The van der Waals surface area contributed by atoms with E-state index in [0.717, 1.165) is 25.3 Å². The highest BCUT2D eigenvalue weighted by atomic mass is 16.5. The molecule has 1 heterocycles. The Labute approximate surface area is 106 Å². The van der Waals surface area contributed by atoms with Crippen molar-refractivity contribution in [3.8, 4) is 0 Å². The van der Waals surface area contributed by atoms with E-state index in [9.17, 15) is 0 Å². The van der Waals surface area contributed by atoms with E-state index in [4.69, 9.17) is 4.74 Å². The van der Waals surface area contributed by atoms with Gasteiger partial charge in [-0.1, -0.05) is 13.3 Å². The predicted octanol–water partition coefficient (Wildman–Crippen LogP) is 2.02. The Morgan fingerprint density at radius 3 is 2.53 bits per heavy atom. The predicted molar refractivity (Wildman–Crippen MR) is 71.3 cm³/mol. The summed E-state index contributed by atoms with van der Waals surface area (Å²) in [6.07, 6.45) is 7.79. The van der Waals surface area contributed by atoms with Crippen LogP contribution in [0.1, 0.15) is 45.4 Å². The van der Waals surface area contributed by atoms with Crippen LogP contribution in [0, 0.1) is 0 Å². The van der Waals surface area contributed by atoms with Gasteiger partial charge in [-0.2, -0.15) is 0 Å². The third-order valence-electron chi connectivity index (χ3n) is 4.18. The maximum absolute atomic E-state index is 5.46. The fourth-order valence-corrected chi connectivity index (χ4v) is 2.76. The lowest BCUT2D eigenvalue weighted by Gasteiger charge is -2.37. The number of hydrogen-bond donors (Lipinski definition) is 1. The first-order valence-electron chi connectivity index (χ1n) is 7.34. The zero-order valence-corrected chi connectivity index (χ0v) is 11.5. The average molecular weight is 240 g/mol. The molecule has 2 aliphatic rings. The van der Waals surface area contributed by atoms with E-state index in [1.54, 1.807) is 0 Å². The molecule has 3 heteroatoms. The van der Waals surface area contributed by atoms with E-state index < -0.39 is 0 Å². The lowest BCUT2D eigenvalue weighted by molar-refractivity contribution is 0.0269. The van der Waals surface area contributed by atoms with Gasteiger partial charge in [0.1, 0.15) is 0 Å². The molecule has 1 atom stereocenters. The molecule has 1 saturated carbocycles. The summed E-state index contributed by atoms with van der Waals surface area (Å²) in [5.41, 5.74) is 0. The normalized spacial score (nSPS) is 24.2. The second-order valence-electron chi connectivity index (χ2n) is 5.63. The van der Waals surface area contributed by atoms with E-state index in [1.165, 1.54) is 45.1 Å². The molecule has 3 nitrogen and oxygen atoms in total. The van der Waals surface area contributed by atoms with Gasteiger partial charge in [0.2, 0.25) is 0 Å². The van der Waals surface area contributed by atoms with Crippen molar-refractivity contribution < 1.29 is 4.74 Å². The summed E-state index contributed by atoms with van der Waals surface area (Å²) < 4.78 is 5.46. The molecular weight excluding hydrogens is 212 g/mol. The fraction of sp³-hybridized carbons (Fsp3) is 1.00. The summed E-state index contributed by atoms with van der Waals surface area (Å²) in [4.78, 5) is 2.61. The van der Waals surface area contributed by atoms with Crippen LogP contribution in [0.4, 0.5) is 0 Å². The Bertz CT molecular complexity index is 212. The average Bonchev–Trinajstić information content (AvgIpc) is 3.19. The SMILES string of the molecule is CCCC(CNC1CC1)N(C)C1CCOCC1. The number of rotatable bonds is 7. The largest absolute Gasteiger partial charge is 0.381 e. The van der Waals surface area contributed by atoms with E-state index in [0.29, 0.717) is 6.04 Å². The van der Waals surface area contributed by atoms with Crippen molar-refractivity contribution in [3.63, 3.8) is 0 Å². The molecule has 1 saturated heterocycles. The fourth-order valence-electron chi connectivity index (χ4n) is 2.76. The lowest BCUT2D eigenvalue weighted by atomic mass is 10.0. The molecule has 0 aromatic heterocycles. The molecule has 0 bridgehead atoms. The van der Waals surface area contributed by atoms with Crippen molar-refractivity contribution in [3.05, 3.63) is 0 Å². The van der Waals surface area contributed by atoms with Gasteiger partial charge in [0.15, 0.2) is 0 Å². The van der Waals surface area contributed by atoms with Crippen LogP contribution < -0.4 is 5.32 Å². The van der Waals surface area contributed by atoms with Crippen LogP contribution in [-0.2, 0) is 4.74 Å². The lowest BCUT2D eigenvalue weighted by Crippen LogP contribution is -2.47. The van der Waals surface area contributed by atoms with Gasteiger partial charge in [-0.25, -0.2) is 0 Å². The highest BCUT2D eigenvalue weighted by Crippen LogP contribution is 2.21. The minimum atomic E-state index is 0.712. The summed E-state index contributed by atoms with van der Waals surface area (Å²) in [7, 11) is 2.31. The molecule has 1 aliphatic carbocycles. The summed E-state index contributed by atoms with van der Waals surface area (Å²) >= 11 is 0. The third kappa shape index (κ3) is 4.23. The summed E-state index contributed by atoms with van der Waals surface area (Å²) in [6, 6.07) is 2.28. The number of nitrogens with zero attached hydrogens (tertiary/aromatic N) is 1. The van der Waals surface area contributed by atoms with Gasteiger partial charge in [-0.3, -0.25) is 4.90 Å². The second-order valence-corrected chi connectivity index (χ2v) is 5.63. The Morgan fingerprint density at radius 2 is 1.94 bits per heavy atom. The smallest absolute Gasteiger partial charge is 0.0480 e. The van der Waals surface area contributed by atoms with E-state index >= 15 is 0 Å². The molecule has 1 N–H and O–H groups in total. The van der Waals surface area contributed by atoms with Crippen LogP contribution in [-0.4, -0.2) is 49.8 Å². The van der Waals surface area contributed by atoms with Crippen LogP contribution in [0.25, 0.3) is 0 Å². The first-order chi connectivity index (χ1) is 8.31. The minimum Gasteiger partial charge on any atom is -0.381 e. The molecule has 0 spiro atoms. The molecule has 0 amide bonds. The number of hydrogen-bond acceptors (Lipinski definition) is 3. The van der Waals surface area contributed by atoms with E-state index in [2.05, 4.69) is 24.2 Å². The van der Waals surface area contributed by atoms with Crippen molar-refractivity contribution in [2.24, 2.45) is 0 Å². The van der Waals surface area contributed by atoms with Gasteiger partial charge >= 0.3 is 0 Å². The third-order valence-corrected chi connectivity index (χ3v) is 4.18. The maximum Gasteiger partial charge on any atom is 0.0480 e. The van der Waals surface area contributed by atoms with Crippen molar-refractivity contribution in [1.29, 1.82) is 0 Å². The van der Waals surface area contributed by atoms with Crippen molar-refractivity contribution >= 4 is 0 Å². The van der Waals surface area contributed by atoms with E-state index in [1.807, 2.05) is 0 Å². The Kier molecular flexibility index (Phi) is 5.26. The van der Waals surface area contributed by atoms with Gasteiger partial charge in [0, 0.05) is 37.9 Å². The van der Waals surface area contributed by atoms with Crippen LogP contribution in [0.3, 0.4) is 0 Å². The van der Waals surface area contributed by atoms with Crippen LogP contribution in [0.5, 0.6) is 0 Å². The number of ether oxygens (including phenoxy) is 1. The van der Waals surface area contributed by atoms with Crippen molar-refractivity contribution in [2.45, 2.75) is 63.6 Å². The maximum atomic E-state index is 5.46. The van der Waals surface area contributed by atoms with E-state index in [-0.39, 0.29) is 0 Å². The molecular formula is C14H28N2O. The Hall–Kier alpha value is -0.120. The van der Waals surface area contributed by atoms with Crippen molar-refractivity contribution in [2.75, 3.05) is 26.8 Å². The minimum absolute atomic E-state index is 0.712. The van der Waals surface area contributed by atoms with Gasteiger partial charge in [0.05, 0.1) is 0 Å². The highest BCUT2D eigenvalue weighted by molar-refractivity contribution is 4.85. The monoisotopic (exact) mass is 240 g/mol. The number of nitrogens with one attached hydrogen (secondary N) is 1. The van der Waals surface area contributed by atoms with Crippen LogP contribution >= 0.6 is 0 Å². The topological polar surface area (TPSA) is 24.5 Å². The molecule has 0 radical (unpaired) electrons. The number of likely N-dealkylation sites (N-methyl/N-ethyl adjacent to an activating group) is 1. The van der Waals surface area contributed by atoms with Crippen LogP contribution in [0.2, 0.25) is 0 Å². The molecule has 17 heavy (non-hydrogen) atoms. The van der Waals surface area contributed by atoms with Crippen molar-refractivity contribution in [1.82, 2.24) is 10.2 Å². The van der Waals surface area contributed by atoms with Gasteiger partial charge in [-0.15, -0.1) is 0 Å². The highest BCUT2D eigenvalue weighted by Gasteiger charge is 2.26. The molecule has 100 valence electrons. The summed E-state index contributed by atoms with van der Waals surface area (Å²) in [5.74, 6) is 0. The summed E-state index contributed by atoms with van der Waals surface area (Å²) in [6.45, 7) is 5.36.